The Morgan fingerprint density at radius 2 is 2.38 bits per heavy atom. The van der Waals surface area contributed by atoms with E-state index in [-0.39, 0.29) is 6.04 Å². The van der Waals surface area contributed by atoms with Gasteiger partial charge in [-0.05, 0) is 31.7 Å². The molecule has 0 aromatic heterocycles. The number of nitrogens with zero attached hydrogens (tertiary/aromatic N) is 1. The number of hydrogen-bond donors (Lipinski definition) is 1. The standard InChI is InChI=1S/C10H19NO2/c1-3-9(10(12)13)11-6-4-5-8(2)7-11/h8-9H,3-7H2,1-2H3,(H,12,13). The van der Waals surface area contributed by atoms with Gasteiger partial charge in [0.1, 0.15) is 6.04 Å². The Labute approximate surface area is 79.7 Å². The van der Waals surface area contributed by atoms with Crippen LogP contribution in [-0.2, 0) is 4.79 Å². The van der Waals surface area contributed by atoms with Gasteiger partial charge in [0.25, 0.3) is 0 Å². The molecule has 1 heterocycles. The molecule has 0 spiro atoms. The molecule has 76 valence electrons. The fraction of sp³-hybridized carbons (Fsp3) is 0.900. The predicted molar refractivity (Wildman–Crippen MR) is 51.7 cm³/mol. The summed E-state index contributed by atoms with van der Waals surface area (Å²) in [5.74, 6) is -0.0150. The van der Waals surface area contributed by atoms with Gasteiger partial charge in [-0.3, -0.25) is 9.69 Å². The minimum atomic E-state index is -0.670. The molecule has 0 aliphatic carbocycles. The average Bonchev–Trinajstić information content (AvgIpc) is 2.04. The highest BCUT2D eigenvalue weighted by atomic mass is 16.4. The molecule has 0 bridgehead atoms. The number of piperidine rings is 1. The highest BCUT2D eigenvalue weighted by Gasteiger charge is 2.27. The highest BCUT2D eigenvalue weighted by Crippen LogP contribution is 2.18. The SMILES string of the molecule is CCC(C(=O)O)N1CCCC(C)C1. The van der Waals surface area contributed by atoms with Gasteiger partial charge in [-0.1, -0.05) is 13.8 Å². The summed E-state index contributed by atoms with van der Waals surface area (Å²) in [5.41, 5.74) is 0. The fourth-order valence-corrected chi connectivity index (χ4v) is 2.10. The number of hydrogen-bond acceptors (Lipinski definition) is 2. The van der Waals surface area contributed by atoms with Gasteiger partial charge in [-0.25, -0.2) is 0 Å². The lowest BCUT2D eigenvalue weighted by Crippen LogP contribution is -2.45. The van der Waals surface area contributed by atoms with Crippen LogP contribution in [0.3, 0.4) is 0 Å². The molecule has 0 aromatic rings. The van der Waals surface area contributed by atoms with Gasteiger partial charge in [0.05, 0.1) is 0 Å². The minimum absolute atomic E-state index is 0.261. The van der Waals surface area contributed by atoms with E-state index in [4.69, 9.17) is 5.11 Å². The molecule has 0 amide bonds. The maximum Gasteiger partial charge on any atom is 0.320 e. The van der Waals surface area contributed by atoms with Crippen LogP contribution in [0.5, 0.6) is 0 Å². The van der Waals surface area contributed by atoms with E-state index in [1.165, 1.54) is 6.42 Å². The van der Waals surface area contributed by atoms with Crippen molar-refractivity contribution >= 4 is 5.97 Å². The van der Waals surface area contributed by atoms with Crippen molar-refractivity contribution in [2.45, 2.75) is 39.2 Å². The third-order valence-corrected chi connectivity index (χ3v) is 2.80. The van der Waals surface area contributed by atoms with Gasteiger partial charge < -0.3 is 5.11 Å². The quantitative estimate of drug-likeness (QED) is 0.725. The van der Waals surface area contributed by atoms with Crippen LogP contribution in [0, 0.1) is 5.92 Å². The van der Waals surface area contributed by atoms with Crippen LogP contribution >= 0.6 is 0 Å². The summed E-state index contributed by atoms with van der Waals surface area (Å²) in [6.07, 6.45) is 3.10. The van der Waals surface area contributed by atoms with E-state index in [1.54, 1.807) is 0 Å². The first kappa shape index (κ1) is 10.5. The Morgan fingerprint density at radius 3 is 2.85 bits per heavy atom. The first-order valence-corrected chi connectivity index (χ1v) is 5.12. The molecule has 1 saturated heterocycles. The van der Waals surface area contributed by atoms with E-state index in [0.29, 0.717) is 12.3 Å². The van der Waals surface area contributed by atoms with E-state index in [9.17, 15) is 4.79 Å². The fourth-order valence-electron chi connectivity index (χ4n) is 2.10. The van der Waals surface area contributed by atoms with Gasteiger partial charge in [0.15, 0.2) is 0 Å². The molecule has 3 heteroatoms. The van der Waals surface area contributed by atoms with Crippen LogP contribution in [0.2, 0.25) is 0 Å². The topological polar surface area (TPSA) is 40.5 Å². The van der Waals surface area contributed by atoms with Gasteiger partial charge >= 0.3 is 5.97 Å². The van der Waals surface area contributed by atoms with Crippen molar-refractivity contribution in [2.24, 2.45) is 5.92 Å². The summed E-state index contributed by atoms with van der Waals surface area (Å²) in [6.45, 7) is 6.04. The molecular weight excluding hydrogens is 166 g/mol. The van der Waals surface area contributed by atoms with Gasteiger partial charge in [0, 0.05) is 6.54 Å². The van der Waals surface area contributed by atoms with E-state index in [2.05, 4.69) is 11.8 Å². The van der Waals surface area contributed by atoms with Crippen LogP contribution < -0.4 is 0 Å². The highest BCUT2D eigenvalue weighted by molar-refractivity contribution is 5.73. The average molecular weight is 185 g/mol. The van der Waals surface area contributed by atoms with E-state index in [1.807, 2.05) is 6.92 Å². The van der Waals surface area contributed by atoms with Gasteiger partial charge in [-0.2, -0.15) is 0 Å². The van der Waals surface area contributed by atoms with Crippen LogP contribution in [0.4, 0.5) is 0 Å². The largest absolute Gasteiger partial charge is 0.480 e. The number of carbonyl (C=O) groups is 1. The Balaban J connectivity index is 2.52. The predicted octanol–water partition coefficient (Wildman–Crippen LogP) is 1.58. The van der Waals surface area contributed by atoms with Crippen LogP contribution in [0.15, 0.2) is 0 Å². The molecule has 13 heavy (non-hydrogen) atoms. The molecule has 1 rings (SSSR count). The van der Waals surface area contributed by atoms with Crippen LogP contribution in [0.1, 0.15) is 33.1 Å². The normalized spacial score (nSPS) is 27.1. The Kier molecular flexibility index (Phi) is 3.72. The molecule has 2 unspecified atom stereocenters. The summed E-state index contributed by atoms with van der Waals surface area (Å²) < 4.78 is 0. The Hall–Kier alpha value is -0.570. The zero-order valence-electron chi connectivity index (χ0n) is 8.49. The molecule has 1 aliphatic rings. The third-order valence-electron chi connectivity index (χ3n) is 2.80. The molecule has 1 aliphatic heterocycles. The van der Waals surface area contributed by atoms with Crippen LogP contribution in [-0.4, -0.2) is 35.1 Å². The van der Waals surface area contributed by atoms with Crippen molar-refractivity contribution in [1.82, 2.24) is 4.90 Å². The molecular formula is C10H19NO2. The third kappa shape index (κ3) is 2.69. The Morgan fingerprint density at radius 1 is 1.69 bits per heavy atom. The van der Waals surface area contributed by atoms with E-state index < -0.39 is 5.97 Å². The van der Waals surface area contributed by atoms with Gasteiger partial charge in [0.2, 0.25) is 0 Å². The molecule has 1 fully saturated rings. The number of rotatable bonds is 3. The molecule has 2 atom stereocenters. The molecule has 1 N–H and O–H groups in total. The molecule has 0 aromatic carbocycles. The summed E-state index contributed by atoms with van der Waals surface area (Å²) in [5, 5.41) is 8.97. The van der Waals surface area contributed by atoms with Crippen molar-refractivity contribution in [3.05, 3.63) is 0 Å². The van der Waals surface area contributed by atoms with E-state index in [0.717, 1.165) is 19.5 Å². The zero-order valence-corrected chi connectivity index (χ0v) is 8.49. The van der Waals surface area contributed by atoms with Crippen LogP contribution in [0.25, 0.3) is 0 Å². The maximum atomic E-state index is 10.9. The minimum Gasteiger partial charge on any atom is -0.480 e. The van der Waals surface area contributed by atoms with Crippen molar-refractivity contribution in [1.29, 1.82) is 0 Å². The van der Waals surface area contributed by atoms with Crippen molar-refractivity contribution in [3.63, 3.8) is 0 Å². The lowest BCUT2D eigenvalue weighted by molar-refractivity contribution is -0.144. The van der Waals surface area contributed by atoms with Crippen molar-refractivity contribution in [3.8, 4) is 0 Å². The lowest BCUT2D eigenvalue weighted by Gasteiger charge is -2.34. The number of likely N-dealkylation sites (tertiary alicyclic amines) is 1. The number of carboxylic acid groups (broad SMARTS) is 1. The molecule has 0 saturated carbocycles. The summed E-state index contributed by atoms with van der Waals surface area (Å²) in [7, 11) is 0. The zero-order chi connectivity index (χ0) is 9.84. The monoisotopic (exact) mass is 185 g/mol. The van der Waals surface area contributed by atoms with Crippen molar-refractivity contribution < 1.29 is 9.90 Å². The lowest BCUT2D eigenvalue weighted by atomic mass is 9.98. The smallest absolute Gasteiger partial charge is 0.320 e. The molecule has 3 nitrogen and oxygen atoms in total. The maximum absolute atomic E-state index is 10.9. The van der Waals surface area contributed by atoms with E-state index >= 15 is 0 Å². The Bertz CT molecular complexity index is 182. The molecule has 0 radical (unpaired) electrons. The summed E-state index contributed by atoms with van der Waals surface area (Å²) in [6, 6.07) is -0.261. The second-order valence-electron chi connectivity index (χ2n) is 4.00. The number of carboxylic acids is 1. The number of aliphatic carboxylic acids is 1. The first-order chi connectivity index (χ1) is 6.15. The van der Waals surface area contributed by atoms with Crippen molar-refractivity contribution in [2.75, 3.05) is 13.1 Å². The second kappa shape index (κ2) is 4.61. The summed E-state index contributed by atoms with van der Waals surface area (Å²) in [4.78, 5) is 13.0. The second-order valence-corrected chi connectivity index (χ2v) is 4.00. The first-order valence-electron chi connectivity index (χ1n) is 5.12. The summed E-state index contributed by atoms with van der Waals surface area (Å²) >= 11 is 0. The van der Waals surface area contributed by atoms with Gasteiger partial charge in [-0.15, -0.1) is 0 Å².